The Morgan fingerprint density at radius 3 is 2.25 bits per heavy atom. The number of aliphatic carboxylic acids is 1. The maximum absolute atomic E-state index is 11.7. The lowest BCUT2D eigenvalue weighted by Crippen LogP contribution is -2.09. The van der Waals surface area contributed by atoms with E-state index < -0.39 is 15.8 Å². The van der Waals surface area contributed by atoms with Crippen molar-refractivity contribution in [3.05, 3.63) is 64.7 Å². The highest BCUT2D eigenvalue weighted by Crippen LogP contribution is 2.44. The van der Waals surface area contributed by atoms with Crippen LogP contribution in [0.25, 0.3) is 17.2 Å². The first kappa shape index (κ1) is 19.9. The van der Waals surface area contributed by atoms with Crippen molar-refractivity contribution in [1.82, 2.24) is 0 Å². The topological polar surface area (TPSA) is 74.7 Å². The minimum absolute atomic E-state index is 0.0416. The minimum atomic E-state index is -3.24. The van der Waals surface area contributed by atoms with Gasteiger partial charge in [0.2, 0.25) is 0 Å². The average molecular weight is 397 g/mol. The zero-order valence-corrected chi connectivity index (χ0v) is 17.2. The second-order valence-corrected chi connectivity index (χ2v) is 9.21. The molecule has 1 aliphatic carbocycles. The lowest BCUT2D eigenvalue weighted by molar-refractivity contribution is -0.135. The van der Waals surface area contributed by atoms with Crippen LogP contribution in [-0.4, -0.2) is 39.8 Å². The third-order valence-electron chi connectivity index (χ3n) is 4.94. The van der Waals surface area contributed by atoms with Crippen LogP contribution in [0.15, 0.2) is 52.9 Å². The summed E-state index contributed by atoms with van der Waals surface area (Å²) in [5.74, 6) is -0.866. The molecule has 5 nitrogen and oxygen atoms in total. The molecule has 0 bridgehead atoms. The van der Waals surface area contributed by atoms with Crippen molar-refractivity contribution in [1.29, 1.82) is 0 Å². The maximum Gasteiger partial charge on any atom is 0.307 e. The molecule has 2 aromatic rings. The number of hydrogen-bond donors (Lipinski definition) is 1. The Labute approximate surface area is 165 Å². The summed E-state index contributed by atoms with van der Waals surface area (Å²) in [7, 11) is 0.656. The summed E-state index contributed by atoms with van der Waals surface area (Å²) in [4.78, 5) is 13.7. The molecule has 0 fully saturated rings. The monoisotopic (exact) mass is 397 g/mol. The largest absolute Gasteiger partial charge is 0.481 e. The van der Waals surface area contributed by atoms with Crippen LogP contribution in [-0.2, 0) is 14.6 Å². The van der Waals surface area contributed by atoms with Gasteiger partial charge in [0.1, 0.15) is 0 Å². The molecular formula is C22H23NO4S. The molecule has 146 valence electrons. The first-order valence-corrected chi connectivity index (χ1v) is 10.7. The Kier molecular flexibility index (Phi) is 5.17. The molecule has 0 heterocycles. The molecule has 28 heavy (non-hydrogen) atoms. The summed E-state index contributed by atoms with van der Waals surface area (Å²) in [6, 6.07) is 12.7. The van der Waals surface area contributed by atoms with Crippen molar-refractivity contribution in [2.45, 2.75) is 18.2 Å². The van der Waals surface area contributed by atoms with Gasteiger partial charge in [-0.1, -0.05) is 18.2 Å². The van der Waals surface area contributed by atoms with E-state index in [9.17, 15) is 18.3 Å². The number of carbonyl (C=O) groups is 1. The molecule has 0 unspecified atom stereocenters. The average Bonchev–Trinajstić information content (AvgIpc) is 2.86. The van der Waals surface area contributed by atoms with Gasteiger partial charge in [-0.2, -0.15) is 0 Å². The van der Waals surface area contributed by atoms with Crippen molar-refractivity contribution in [2.24, 2.45) is 0 Å². The second-order valence-electron chi connectivity index (χ2n) is 7.20. The van der Waals surface area contributed by atoms with Gasteiger partial charge in [0.05, 0.1) is 11.3 Å². The van der Waals surface area contributed by atoms with Crippen LogP contribution in [0.2, 0.25) is 0 Å². The van der Waals surface area contributed by atoms with E-state index in [-0.39, 0.29) is 11.3 Å². The first-order chi connectivity index (χ1) is 13.1. The first-order valence-electron chi connectivity index (χ1n) is 8.84. The Hall–Kier alpha value is -2.86. The zero-order chi connectivity index (χ0) is 20.6. The Morgan fingerprint density at radius 2 is 1.71 bits per heavy atom. The lowest BCUT2D eigenvalue weighted by Gasteiger charge is -2.15. The Bertz CT molecular complexity index is 1110. The number of sulfone groups is 1. The summed E-state index contributed by atoms with van der Waals surface area (Å²) in [6.45, 7) is 1.93. The molecule has 0 spiro atoms. The molecule has 3 rings (SSSR count). The van der Waals surface area contributed by atoms with Crippen LogP contribution in [0.4, 0.5) is 5.69 Å². The summed E-state index contributed by atoms with van der Waals surface area (Å²) >= 11 is 0. The van der Waals surface area contributed by atoms with Gasteiger partial charge in [-0.15, -0.1) is 0 Å². The number of anilines is 1. The van der Waals surface area contributed by atoms with E-state index in [1.807, 2.05) is 50.2 Å². The fourth-order valence-electron chi connectivity index (χ4n) is 3.40. The van der Waals surface area contributed by atoms with Crippen LogP contribution in [0, 0.1) is 0 Å². The molecule has 2 aromatic carbocycles. The summed E-state index contributed by atoms with van der Waals surface area (Å²) in [5.41, 5.74) is 6.50. The summed E-state index contributed by atoms with van der Waals surface area (Å²) in [6.07, 6.45) is 3.12. The fourth-order valence-corrected chi connectivity index (χ4v) is 4.03. The van der Waals surface area contributed by atoms with E-state index in [1.54, 1.807) is 24.3 Å². The number of allylic oxidation sites excluding steroid dienone is 2. The predicted octanol–water partition coefficient (Wildman–Crippen LogP) is 3.96. The van der Waals surface area contributed by atoms with Gasteiger partial charge in [-0.25, -0.2) is 8.42 Å². The van der Waals surface area contributed by atoms with Crippen LogP contribution >= 0.6 is 0 Å². The highest BCUT2D eigenvalue weighted by atomic mass is 32.2. The number of benzene rings is 2. The number of carboxylic acids is 1. The SMILES string of the molecule is CC1=C(CC(=O)O)c2cc(N(C)C)ccc2/C1=C\c1ccc(S(C)(=O)=O)cc1. The number of fused-ring (bicyclic) bond motifs is 1. The van der Waals surface area contributed by atoms with Crippen LogP contribution < -0.4 is 4.90 Å². The van der Waals surface area contributed by atoms with Gasteiger partial charge in [-0.3, -0.25) is 4.79 Å². The molecule has 0 amide bonds. The van der Waals surface area contributed by atoms with Gasteiger partial charge in [0.15, 0.2) is 9.84 Å². The number of rotatable bonds is 5. The third kappa shape index (κ3) is 3.87. The van der Waals surface area contributed by atoms with Crippen LogP contribution in [0.5, 0.6) is 0 Å². The van der Waals surface area contributed by atoms with Crippen LogP contribution in [0.3, 0.4) is 0 Å². The van der Waals surface area contributed by atoms with Crippen molar-refractivity contribution in [2.75, 3.05) is 25.3 Å². The molecule has 0 radical (unpaired) electrons. The molecule has 0 aromatic heterocycles. The van der Waals surface area contributed by atoms with E-state index in [1.165, 1.54) is 6.26 Å². The van der Waals surface area contributed by atoms with E-state index in [0.29, 0.717) is 0 Å². The van der Waals surface area contributed by atoms with Crippen molar-refractivity contribution in [3.8, 4) is 0 Å². The molecule has 0 saturated heterocycles. The van der Waals surface area contributed by atoms with Crippen molar-refractivity contribution >= 4 is 38.7 Å². The van der Waals surface area contributed by atoms with E-state index in [0.717, 1.165) is 39.1 Å². The van der Waals surface area contributed by atoms with Crippen molar-refractivity contribution < 1.29 is 18.3 Å². The number of carboxylic acid groups (broad SMARTS) is 1. The highest BCUT2D eigenvalue weighted by Gasteiger charge is 2.25. The molecule has 1 aliphatic rings. The van der Waals surface area contributed by atoms with E-state index in [2.05, 4.69) is 0 Å². The zero-order valence-electron chi connectivity index (χ0n) is 16.4. The van der Waals surface area contributed by atoms with Crippen molar-refractivity contribution in [3.63, 3.8) is 0 Å². The Morgan fingerprint density at radius 1 is 1.07 bits per heavy atom. The van der Waals surface area contributed by atoms with E-state index >= 15 is 0 Å². The van der Waals surface area contributed by atoms with E-state index in [4.69, 9.17) is 0 Å². The smallest absolute Gasteiger partial charge is 0.307 e. The molecule has 0 aliphatic heterocycles. The summed E-state index contributed by atoms with van der Waals surface area (Å²) in [5, 5.41) is 9.36. The lowest BCUT2D eigenvalue weighted by atomic mass is 10.00. The molecular weight excluding hydrogens is 374 g/mol. The normalized spacial score (nSPS) is 15.1. The predicted molar refractivity (Wildman–Crippen MR) is 113 cm³/mol. The summed E-state index contributed by atoms with van der Waals surface area (Å²) < 4.78 is 23.3. The van der Waals surface area contributed by atoms with Gasteiger partial charge in [0.25, 0.3) is 0 Å². The molecule has 1 N–H and O–H groups in total. The maximum atomic E-state index is 11.7. The standard InChI is InChI=1S/C22H23NO4S/c1-14-19(11-15-5-8-17(9-6-15)28(4,26)27)18-10-7-16(23(2)3)12-21(18)20(14)13-22(24)25/h5-12H,13H2,1-4H3,(H,24,25)/b19-11-. The molecule has 0 atom stereocenters. The van der Waals surface area contributed by atoms with Crippen LogP contribution in [0.1, 0.15) is 30.0 Å². The number of nitrogens with zero attached hydrogens (tertiary/aromatic N) is 1. The van der Waals surface area contributed by atoms with Gasteiger partial charge < -0.3 is 10.0 Å². The van der Waals surface area contributed by atoms with Gasteiger partial charge in [-0.05, 0) is 70.7 Å². The minimum Gasteiger partial charge on any atom is -0.481 e. The molecule has 6 heteroatoms. The second kappa shape index (κ2) is 7.28. The highest BCUT2D eigenvalue weighted by molar-refractivity contribution is 7.90. The number of hydrogen-bond acceptors (Lipinski definition) is 4. The Balaban J connectivity index is 2.12. The molecule has 0 saturated carbocycles. The van der Waals surface area contributed by atoms with Gasteiger partial charge in [0, 0.05) is 26.0 Å². The third-order valence-corrected chi connectivity index (χ3v) is 6.07. The van der Waals surface area contributed by atoms with Gasteiger partial charge >= 0.3 is 5.97 Å². The quantitative estimate of drug-likeness (QED) is 0.827. The fraction of sp³-hybridized carbons (Fsp3) is 0.227.